The normalized spacial score (nSPS) is 13.9. The van der Waals surface area contributed by atoms with Gasteiger partial charge in [-0.05, 0) is 26.7 Å². The van der Waals surface area contributed by atoms with E-state index in [1.54, 1.807) is 0 Å². The highest BCUT2D eigenvalue weighted by Crippen LogP contribution is 2.14. The maximum absolute atomic E-state index is 6.01. The molecule has 0 aliphatic heterocycles. The highest BCUT2D eigenvalue weighted by atomic mass is 28.3. The van der Waals surface area contributed by atoms with Gasteiger partial charge in [-0.25, -0.2) is 0 Å². The van der Waals surface area contributed by atoms with Crippen LogP contribution < -0.4 is 0 Å². The topological polar surface area (TPSA) is 18.5 Å². The molecule has 0 fully saturated rings. The Bertz CT molecular complexity index is 294. The van der Waals surface area contributed by atoms with Gasteiger partial charge in [-0.15, -0.1) is 0 Å². The highest BCUT2D eigenvalue weighted by Gasteiger charge is 2.06. The predicted octanol–water partition coefficient (Wildman–Crippen LogP) is 9.42. The van der Waals surface area contributed by atoms with Crippen molar-refractivity contribution in [3.8, 4) is 0 Å². The fraction of sp³-hybridized carbons (Fsp3) is 1.00. The number of hydrogen-bond acceptors (Lipinski definition) is 2. The van der Waals surface area contributed by atoms with Gasteiger partial charge in [0.15, 0.2) is 0 Å². The fourth-order valence-electron chi connectivity index (χ4n) is 4.28. The van der Waals surface area contributed by atoms with Crippen LogP contribution in [-0.4, -0.2) is 22.2 Å². The summed E-state index contributed by atoms with van der Waals surface area (Å²) in [5.41, 5.74) is 0. The van der Waals surface area contributed by atoms with E-state index in [2.05, 4.69) is 27.7 Å². The molecule has 31 heavy (non-hydrogen) atoms. The summed E-state index contributed by atoms with van der Waals surface area (Å²) in [6.07, 6.45) is 31.3. The zero-order valence-electron chi connectivity index (χ0n) is 22.2. The van der Waals surface area contributed by atoms with Crippen LogP contribution in [0.25, 0.3) is 0 Å². The van der Waals surface area contributed by atoms with E-state index in [1.807, 2.05) is 0 Å². The van der Waals surface area contributed by atoms with Crippen molar-refractivity contribution in [2.24, 2.45) is 0 Å². The van der Waals surface area contributed by atoms with Crippen LogP contribution in [0.4, 0.5) is 0 Å². The second-order valence-electron chi connectivity index (χ2n) is 10.0. The third-order valence-electron chi connectivity index (χ3n) is 6.63. The first-order valence-electron chi connectivity index (χ1n) is 14.4. The molecule has 0 aromatic heterocycles. The molecule has 0 spiro atoms. The molecule has 0 bridgehead atoms. The van der Waals surface area contributed by atoms with Crippen LogP contribution in [0.1, 0.15) is 169 Å². The van der Waals surface area contributed by atoms with Gasteiger partial charge in [0.2, 0.25) is 0 Å². The Kier molecular flexibility index (Phi) is 26.5. The van der Waals surface area contributed by atoms with Gasteiger partial charge in [-0.1, -0.05) is 142 Å². The second-order valence-corrected chi connectivity index (χ2v) is 10.9. The van der Waals surface area contributed by atoms with E-state index in [0.29, 0.717) is 12.2 Å². The minimum atomic E-state index is -0.800. The van der Waals surface area contributed by atoms with Crippen LogP contribution >= 0.6 is 0 Å². The summed E-state index contributed by atoms with van der Waals surface area (Å²) >= 11 is 0. The van der Waals surface area contributed by atoms with Gasteiger partial charge in [0, 0.05) is 12.2 Å². The molecule has 0 saturated heterocycles. The van der Waals surface area contributed by atoms with Crippen molar-refractivity contribution < 1.29 is 8.85 Å². The van der Waals surface area contributed by atoms with E-state index < -0.39 is 10.0 Å². The van der Waals surface area contributed by atoms with Crippen molar-refractivity contribution in [2.75, 3.05) is 0 Å². The van der Waals surface area contributed by atoms with Crippen molar-refractivity contribution in [1.82, 2.24) is 0 Å². The fourth-order valence-corrected chi connectivity index (χ4v) is 5.15. The summed E-state index contributed by atoms with van der Waals surface area (Å²) in [6, 6.07) is 0. The highest BCUT2D eigenvalue weighted by molar-refractivity contribution is 6.18. The molecule has 2 atom stereocenters. The van der Waals surface area contributed by atoms with Crippen molar-refractivity contribution in [2.45, 2.75) is 181 Å². The predicted molar refractivity (Wildman–Crippen MR) is 143 cm³/mol. The third-order valence-corrected chi connectivity index (χ3v) is 8.04. The minimum absolute atomic E-state index is 0.394. The lowest BCUT2D eigenvalue weighted by Gasteiger charge is -2.17. The molecule has 3 heteroatoms. The largest absolute Gasteiger partial charge is 0.396 e. The molecule has 188 valence electrons. The van der Waals surface area contributed by atoms with E-state index in [0.717, 1.165) is 0 Å². The Balaban J connectivity index is 3.28. The Morgan fingerprint density at radius 2 is 0.677 bits per heavy atom. The second kappa shape index (κ2) is 26.4. The molecule has 0 aliphatic carbocycles. The maximum Gasteiger partial charge on any atom is 0.304 e. The SMILES string of the molecule is CCCCCCCCCCCCC(C)O[SiH2]OC(C)CCCCCCCCCCCC. The zero-order chi connectivity index (χ0) is 22.8. The summed E-state index contributed by atoms with van der Waals surface area (Å²) in [7, 11) is -0.800. The first-order valence-corrected chi connectivity index (χ1v) is 15.6. The van der Waals surface area contributed by atoms with E-state index in [4.69, 9.17) is 8.85 Å². The Morgan fingerprint density at radius 3 is 0.968 bits per heavy atom. The molecule has 0 amide bonds. The molecule has 2 nitrogen and oxygen atoms in total. The van der Waals surface area contributed by atoms with Crippen LogP contribution in [-0.2, 0) is 8.85 Å². The molecule has 0 aliphatic rings. The Labute approximate surface area is 200 Å². The molecular formula is C28H60O2Si. The molecule has 0 heterocycles. The Morgan fingerprint density at radius 1 is 0.419 bits per heavy atom. The first-order chi connectivity index (χ1) is 15.2. The number of hydrogen-bond donors (Lipinski definition) is 0. The van der Waals surface area contributed by atoms with Gasteiger partial charge in [-0.2, -0.15) is 0 Å². The van der Waals surface area contributed by atoms with E-state index in [9.17, 15) is 0 Å². The number of unbranched alkanes of at least 4 members (excludes halogenated alkanes) is 18. The van der Waals surface area contributed by atoms with Gasteiger partial charge >= 0.3 is 10.0 Å². The molecular weight excluding hydrogens is 396 g/mol. The molecule has 0 aromatic carbocycles. The molecule has 0 N–H and O–H groups in total. The zero-order valence-corrected chi connectivity index (χ0v) is 23.6. The van der Waals surface area contributed by atoms with Gasteiger partial charge < -0.3 is 8.85 Å². The maximum atomic E-state index is 6.01. The van der Waals surface area contributed by atoms with Crippen LogP contribution in [0.15, 0.2) is 0 Å². The summed E-state index contributed by atoms with van der Waals surface area (Å²) in [4.78, 5) is 0. The van der Waals surface area contributed by atoms with E-state index >= 15 is 0 Å². The van der Waals surface area contributed by atoms with Crippen molar-refractivity contribution in [1.29, 1.82) is 0 Å². The summed E-state index contributed by atoms with van der Waals surface area (Å²) in [5, 5.41) is 0. The quantitative estimate of drug-likeness (QED) is 0.0952. The summed E-state index contributed by atoms with van der Waals surface area (Å²) < 4.78 is 12.0. The standard InChI is InChI=1S/C28H60O2Si/c1-5-7-9-11-13-15-17-19-21-23-25-27(3)29-31-30-28(4)26-24-22-20-18-16-14-12-10-8-6-2/h27-28H,5-26,31H2,1-4H3. The molecule has 2 unspecified atom stereocenters. The lowest BCUT2D eigenvalue weighted by atomic mass is 10.1. The molecule has 0 radical (unpaired) electrons. The van der Waals surface area contributed by atoms with Crippen LogP contribution in [0.2, 0.25) is 0 Å². The number of rotatable bonds is 26. The average molecular weight is 457 g/mol. The van der Waals surface area contributed by atoms with Crippen molar-refractivity contribution in [3.63, 3.8) is 0 Å². The monoisotopic (exact) mass is 456 g/mol. The van der Waals surface area contributed by atoms with Gasteiger partial charge in [0.05, 0.1) is 0 Å². The minimum Gasteiger partial charge on any atom is -0.396 e. The van der Waals surface area contributed by atoms with Crippen LogP contribution in [0.3, 0.4) is 0 Å². The van der Waals surface area contributed by atoms with Gasteiger partial charge in [-0.3, -0.25) is 0 Å². The van der Waals surface area contributed by atoms with E-state index in [1.165, 1.54) is 141 Å². The van der Waals surface area contributed by atoms with Gasteiger partial charge in [0.1, 0.15) is 0 Å². The third kappa shape index (κ3) is 26.3. The lowest BCUT2D eigenvalue weighted by Crippen LogP contribution is -2.19. The van der Waals surface area contributed by atoms with Crippen molar-refractivity contribution in [3.05, 3.63) is 0 Å². The van der Waals surface area contributed by atoms with Crippen LogP contribution in [0.5, 0.6) is 0 Å². The molecule has 0 rings (SSSR count). The van der Waals surface area contributed by atoms with Crippen molar-refractivity contribution >= 4 is 10.0 Å². The smallest absolute Gasteiger partial charge is 0.304 e. The molecule has 0 saturated carbocycles. The lowest BCUT2D eigenvalue weighted by molar-refractivity contribution is 0.123. The van der Waals surface area contributed by atoms with Crippen LogP contribution in [0, 0.1) is 0 Å². The first kappa shape index (κ1) is 31.1. The van der Waals surface area contributed by atoms with E-state index in [-0.39, 0.29) is 0 Å². The summed E-state index contributed by atoms with van der Waals surface area (Å²) in [6.45, 7) is 9.05. The average Bonchev–Trinajstić information content (AvgIpc) is 2.76. The summed E-state index contributed by atoms with van der Waals surface area (Å²) in [5.74, 6) is 0. The Hall–Kier alpha value is 0.137. The molecule has 0 aromatic rings. The van der Waals surface area contributed by atoms with Gasteiger partial charge in [0.25, 0.3) is 0 Å².